The van der Waals surface area contributed by atoms with Crippen LogP contribution in [-0.4, -0.2) is 30.2 Å². The molecule has 3 aromatic rings. The minimum absolute atomic E-state index is 0.206. The van der Waals surface area contributed by atoms with Crippen LogP contribution in [0.5, 0.6) is 0 Å². The van der Waals surface area contributed by atoms with Crippen LogP contribution in [0.3, 0.4) is 0 Å². The molecular weight excluding hydrogens is 326 g/mol. The highest BCUT2D eigenvalue weighted by molar-refractivity contribution is 6.03. The van der Waals surface area contributed by atoms with Crippen LogP contribution >= 0.6 is 0 Å². The van der Waals surface area contributed by atoms with E-state index >= 15 is 0 Å². The Kier molecular flexibility index (Phi) is 5.12. The number of aryl methyl sites for hydroxylation is 1. The fraction of sp³-hybridized carbons (Fsp3) is 0.150. The molecule has 2 N–H and O–H groups in total. The van der Waals surface area contributed by atoms with Gasteiger partial charge in [-0.1, -0.05) is 17.7 Å². The molecule has 1 aromatic heterocycles. The first kappa shape index (κ1) is 17.4. The maximum Gasteiger partial charge on any atom is 0.256 e. The monoisotopic (exact) mass is 347 g/mol. The van der Waals surface area contributed by atoms with E-state index < -0.39 is 0 Å². The average molecular weight is 347 g/mol. The van der Waals surface area contributed by atoms with E-state index in [1.165, 1.54) is 0 Å². The minimum Gasteiger partial charge on any atom is -0.378 e. The quantitative estimate of drug-likeness (QED) is 0.734. The van der Waals surface area contributed by atoms with Crippen molar-refractivity contribution in [2.24, 2.45) is 0 Å². The van der Waals surface area contributed by atoms with Crippen LogP contribution in [0.15, 0.2) is 60.7 Å². The predicted octanol–water partition coefficient (Wildman–Crippen LogP) is 3.85. The molecule has 0 radical (unpaired) electrons. The zero-order chi connectivity index (χ0) is 18.5. The van der Waals surface area contributed by atoms with Crippen molar-refractivity contribution in [2.45, 2.75) is 6.92 Å². The van der Waals surface area contributed by atoms with Crippen LogP contribution in [0.2, 0.25) is 0 Å². The Morgan fingerprint density at radius 3 is 2.23 bits per heavy atom. The number of benzene rings is 2. The lowest BCUT2D eigenvalue weighted by atomic mass is 10.1. The number of carbonyl (C=O) groups excluding carboxylic acids is 1. The van der Waals surface area contributed by atoms with Crippen LogP contribution in [0.25, 0.3) is 0 Å². The number of rotatable bonds is 5. The van der Waals surface area contributed by atoms with E-state index in [0.717, 1.165) is 16.9 Å². The topological polar surface area (TPSA) is 70.2 Å². The van der Waals surface area contributed by atoms with Gasteiger partial charge in [0.05, 0.1) is 0 Å². The van der Waals surface area contributed by atoms with Crippen LogP contribution in [0.1, 0.15) is 15.9 Å². The summed E-state index contributed by atoms with van der Waals surface area (Å²) in [6.45, 7) is 1.95. The highest BCUT2D eigenvalue weighted by atomic mass is 16.1. The molecule has 1 amide bonds. The summed E-state index contributed by atoms with van der Waals surface area (Å²) in [7, 11) is 4.00. The fourth-order valence-electron chi connectivity index (χ4n) is 2.43. The van der Waals surface area contributed by atoms with Crippen LogP contribution in [0.4, 0.5) is 23.0 Å². The van der Waals surface area contributed by atoms with Gasteiger partial charge in [-0.05, 0) is 55.5 Å². The van der Waals surface area contributed by atoms with Crippen LogP contribution < -0.4 is 15.5 Å². The highest BCUT2D eigenvalue weighted by Gasteiger charge is 2.07. The number of carbonyl (C=O) groups is 1. The first-order chi connectivity index (χ1) is 12.5. The lowest BCUT2D eigenvalue weighted by Crippen LogP contribution is -2.13. The molecule has 26 heavy (non-hydrogen) atoms. The summed E-state index contributed by atoms with van der Waals surface area (Å²) in [5.41, 5.74) is 3.66. The third kappa shape index (κ3) is 4.36. The van der Waals surface area contributed by atoms with Gasteiger partial charge in [-0.2, -0.15) is 0 Å². The molecule has 0 atom stereocenters. The number of aromatic nitrogens is 2. The van der Waals surface area contributed by atoms with Crippen molar-refractivity contribution in [1.29, 1.82) is 0 Å². The van der Waals surface area contributed by atoms with E-state index in [1.807, 2.05) is 68.4 Å². The molecule has 3 rings (SSSR count). The second-order valence-corrected chi connectivity index (χ2v) is 6.19. The van der Waals surface area contributed by atoms with Gasteiger partial charge in [0.2, 0.25) is 0 Å². The summed E-state index contributed by atoms with van der Waals surface area (Å²) in [4.78, 5) is 14.3. The summed E-state index contributed by atoms with van der Waals surface area (Å²) >= 11 is 0. The summed E-state index contributed by atoms with van der Waals surface area (Å²) in [5.74, 6) is 0.809. The molecule has 0 spiro atoms. The zero-order valence-electron chi connectivity index (χ0n) is 15.0. The maximum absolute atomic E-state index is 12.2. The molecule has 2 aromatic carbocycles. The van der Waals surface area contributed by atoms with Gasteiger partial charge in [0.1, 0.15) is 0 Å². The number of anilines is 4. The van der Waals surface area contributed by atoms with Gasteiger partial charge in [-0.25, -0.2) is 0 Å². The smallest absolute Gasteiger partial charge is 0.256 e. The van der Waals surface area contributed by atoms with Gasteiger partial charge in [0.15, 0.2) is 11.6 Å². The average Bonchev–Trinajstić information content (AvgIpc) is 2.64. The third-order valence-corrected chi connectivity index (χ3v) is 3.84. The Labute approximate surface area is 152 Å². The first-order valence-corrected chi connectivity index (χ1v) is 8.27. The van der Waals surface area contributed by atoms with Crippen molar-refractivity contribution < 1.29 is 4.79 Å². The van der Waals surface area contributed by atoms with Crippen LogP contribution in [-0.2, 0) is 0 Å². The molecule has 6 nitrogen and oxygen atoms in total. The van der Waals surface area contributed by atoms with Gasteiger partial charge < -0.3 is 15.5 Å². The third-order valence-electron chi connectivity index (χ3n) is 3.84. The van der Waals surface area contributed by atoms with Gasteiger partial charge in [0.25, 0.3) is 5.91 Å². The van der Waals surface area contributed by atoms with Crippen LogP contribution in [0, 0.1) is 6.92 Å². The van der Waals surface area contributed by atoms with Crippen molar-refractivity contribution in [2.75, 3.05) is 29.6 Å². The number of nitrogens with zero attached hydrogens (tertiary/aromatic N) is 3. The molecule has 0 aliphatic carbocycles. The Balaban J connectivity index is 1.64. The molecular formula is C20H21N5O. The molecule has 0 saturated carbocycles. The van der Waals surface area contributed by atoms with Gasteiger partial charge in [-0.3, -0.25) is 4.79 Å². The van der Waals surface area contributed by atoms with E-state index in [4.69, 9.17) is 0 Å². The minimum atomic E-state index is -0.206. The Morgan fingerprint density at radius 2 is 1.62 bits per heavy atom. The van der Waals surface area contributed by atoms with Crippen molar-refractivity contribution in [3.05, 3.63) is 71.8 Å². The van der Waals surface area contributed by atoms with Crippen molar-refractivity contribution in [3.63, 3.8) is 0 Å². The highest BCUT2D eigenvalue weighted by Crippen LogP contribution is 2.19. The predicted molar refractivity (Wildman–Crippen MR) is 105 cm³/mol. The standard InChI is InChI=1S/C20H21N5O/c1-14-5-4-6-15(13-14)20(26)22-19-12-11-18(23-24-19)21-16-7-9-17(10-8-16)25(2)3/h4-13H,1-3H3,(H,21,23)(H,22,24,26). The molecule has 0 fully saturated rings. The van der Waals surface area contributed by atoms with E-state index in [1.54, 1.807) is 18.2 Å². The second-order valence-electron chi connectivity index (χ2n) is 6.19. The second kappa shape index (κ2) is 7.65. The molecule has 0 unspecified atom stereocenters. The summed E-state index contributed by atoms with van der Waals surface area (Å²) in [6.07, 6.45) is 0. The molecule has 0 aliphatic heterocycles. The number of nitrogens with one attached hydrogen (secondary N) is 2. The largest absolute Gasteiger partial charge is 0.378 e. The number of hydrogen-bond acceptors (Lipinski definition) is 5. The normalized spacial score (nSPS) is 10.3. The molecule has 1 heterocycles. The molecule has 6 heteroatoms. The van der Waals surface area contributed by atoms with Crippen molar-refractivity contribution >= 4 is 28.9 Å². The number of amides is 1. The van der Waals surface area contributed by atoms with E-state index in [-0.39, 0.29) is 5.91 Å². The first-order valence-electron chi connectivity index (χ1n) is 8.27. The zero-order valence-corrected chi connectivity index (χ0v) is 15.0. The Hall–Kier alpha value is -3.41. The molecule has 0 aliphatic rings. The SMILES string of the molecule is Cc1cccc(C(=O)Nc2ccc(Nc3ccc(N(C)C)cc3)nn2)c1. The number of hydrogen-bond donors (Lipinski definition) is 2. The summed E-state index contributed by atoms with van der Waals surface area (Å²) in [5, 5.41) is 14.1. The Bertz CT molecular complexity index is 889. The van der Waals surface area contributed by atoms with Gasteiger partial charge >= 0.3 is 0 Å². The Morgan fingerprint density at radius 1 is 0.923 bits per heavy atom. The molecule has 0 saturated heterocycles. The summed E-state index contributed by atoms with van der Waals surface area (Å²) < 4.78 is 0. The van der Waals surface area contributed by atoms with Crippen molar-refractivity contribution in [1.82, 2.24) is 10.2 Å². The van der Waals surface area contributed by atoms with Gasteiger partial charge in [-0.15, -0.1) is 10.2 Å². The molecule has 132 valence electrons. The van der Waals surface area contributed by atoms with E-state index in [9.17, 15) is 4.79 Å². The molecule has 0 bridgehead atoms. The van der Waals surface area contributed by atoms with E-state index in [2.05, 4.69) is 20.8 Å². The lowest BCUT2D eigenvalue weighted by Gasteiger charge is -2.13. The van der Waals surface area contributed by atoms with Gasteiger partial charge in [0, 0.05) is 31.0 Å². The lowest BCUT2D eigenvalue weighted by molar-refractivity contribution is 0.102. The van der Waals surface area contributed by atoms with Crippen molar-refractivity contribution in [3.8, 4) is 0 Å². The maximum atomic E-state index is 12.2. The summed E-state index contributed by atoms with van der Waals surface area (Å²) in [6, 6.07) is 18.9. The fourth-order valence-corrected chi connectivity index (χ4v) is 2.43. The van der Waals surface area contributed by atoms with E-state index in [0.29, 0.717) is 17.2 Å².